The molecule has 1 aromatic rings. The number of rotatable bonds is 7. The first-order chi connectivity index (χ1) is 8.54. The summed E-state index contributed by atoms with van der Waals surface area (Å²) in [5, 5.41) is 20.0. The molecule has 1 aromatic heterocycles. The van der Waals surface area contributed by atoms with Crippen molar-refractivity contribution in [1.29, 1.82) is 5.26 Å². The predicted molar refractivity (Wildman–Crippen MR) is 70.8 cm³/mol. The van der Waals surface area contributed by atoms with Gasteiger partial charge in [-0.2, -0.15) is 5.26 Å². The average Bonchev–Trinajstić information content (AvgIpc) is 2.75. The second-order valence-corrected chi connectivity index (χ2v) is 5.05. The molecule has 0 amide bonds. The zero-order valence-corrected chi connectivity index (χ0v) is 11.4. The fourth-order valence-electron chi connectivity index (χ4n) is 1.52. The number of thiazole rings is 1. The molecule has 0 aliphatic heterocycles. The minimum absolute atomic E-state index is 0.100. The van der Waals surface area contributed by atoms with Crippen LogP contribution in [-0.4, -0.2) is 28.6 Å². The lowest BCUT2D eigenvalue weighted by Crippen LogP contribution is -2.31. The number of aryl methyl sites for hydroxylation is 1. The van der Waals surface area contributed by atoms with Crippen molar-refractivity contribution in [3.8, 4) is 6.07 Å². The molecule has 98 valence electrons. The van der Waals surface area contributed by atoms with Gasteiger partial charge >= 0.3 is 5.97 Å². The van der Waals surface area contributed by atoms with Crippen LogP contribution < -0.4 is 4.90 Å². The monoisotopic (exact) mass is 267 g/mol. The van der Waals surface area contributed by atoms with Crippen LogP contribution in [0.15, 0.2) is 5.38 Å². The Balaban J connectivity index is 2.68. The van der Waals surface area contributed by atoms with Crippen LogP contribution in [-0.2, 0) is 11.2 Å². The summed E-state index contributed by atoms with van der Waals surface area (Å²) < 4.78 is 0. The highest BCUT2D eigenvalue weighted by atomic mass is 32.1. The van der Waals surface area contributed by atoms with Crippen LogP contribution in [0.3, 0.4) is 0 Å². The summed E-state index contributed by atoms with van der Waals surface area (Å²) in [7, 11) is 0. The number of carboxylic acid groups (broad SMARTS) is 1. The molecule has 0 aliphatic rings. The summed E-state index contributed by atoms with van der Waals surface area (Å²) in [5.74, 6) is -0.810. The van der Waals surface area contributed by atoms with Gasteiger partial charge in [-0.3, -0.25) is 4.79 Å². The highest BCUT2D eigenvalue weighted by molar-refractivity contribution is 7.13. The Labute approximate surface area is 111 Å². The standard InChI is InChI=1S/C12H17N3O2S/c1-9(2)15(7-3-6-13)12-14-10(8-18-12)4-5-11(16)17/h8-9H,3-5,7H2,1-2H3,(H,16,17). The molecule has 0 aromatic carbocycles. The number of carboxylic acids is 1. The quantitative estimate of drug-likeness (QED) is 0.820. The second-order valence-electron chi connectivity index (χ2n) is 4.21. The Hall–Kier alpha value is -1.61. The molecule has 18 heavy (non-hydrogen) atoms. The molecule has 0 bridgehead atoms. The van der Waals surface area contributed by atoms with Gasteiger partial charge in [-0.15, -0.1) is 11.3 Å². The first-order valence-electron chi connectivity index (χ1n) is 5.84. The topological polar surface area (TPSA) is 77.2 Å². The van der Waals surface area contributed by atoms with Crippen molar-refractivity contribution in [3.05, 3.63) is 11.1 Å². The Morgan fingerprint density at radius 1 is 1.67 bits per heavy atom. The molecule has 1 heterocycles. The average molecular weight is 267 g/mol. The van der Waals surface area contributed by atoms with Crippen LogP contribution in [0.5, 0.6) is 0 Å². The molecule has 0 unspecified atom stereocenters. The number of aliphatic carboxylic acids is 1. The minimum Gasteiger partial charge on any atom is -0.481 e. The molecule has 0 aliphatic carbocycles. The van der Waals surface area contributed by atoms with Gasteiger partial charge in [-0.1, -0.05) is 0 Å². The number of carbonyl (C=O) groups is 1. The van der Waals surface area contributed by atoms with E-state index in [4.69, 9.17) is 10.4 Å². The number of hydrogen-bond donors (Lipinski definition) is 1. The van der Waals surface area contributed by atoms with Crippen molar-refractivity contribution < 1.29 is 9.90 Å². The zero-order valence-electron chi connectivity index (χ0n) is 10.6. The van der Waals surface area contributed by atoms with Crippen molar-refractivity contribution in [2.45, 2.75) is 39.2 Å². The third-order valence-electron chi connectivity index (χ3n) is 2.47. The lowest BCUT2D eigenvalue weighted by atomic mass is 10.2. The Bertz CT molecular complexity index is 437. The number of hydrogen-bond acceptors (Lipinski definition) is 5. The van der Waals surface area contributed by atoms with E-state index in [2.05, 4.69) is 29.8 Å². The fourth-order valence-corrected chi connectivity index (χ4v) is 2.54. The van der Waals surface area contributed by atoms with Gasteiger partial charge in [0.2, 0.25) is 0 Å². The number of nitrogens with zero attached hydrogens (tertiary/aromatic N) is 3. The van der Waals surface area contributed by atoms with Crippen molar-refractivity contribution >= 4 is 22.4 Å². The molecule has 0 saturated carbocycles. The third kappa shape index (κ3) is 4.34. The van der Waals surface area contributed by atoms with Gasteiger partial charge in [0.15, 0.2) is 5.13 Å². The van der Waals surface area contributed by atoms with E-state index in [1.165, 1.54) is 11.3 Å². The van der Waals surface area contributed by atoms with Gasteiger partial charge < -0.3 is 10.0 Å². The molecule has 1 N–H and O–H groups in total. The van der Waals surface area contributed by atoms with E-state index in [-0.39, 0.29) is 12.5 Å². The Morgan fingerprint density at radius 3 is 2.94 bits per heavy atom. The van der Waals surface area contributed by atoms with Crippen molar-refractivity contribution in [1.82, 2.24) is 4.98 Å². The second kappa shape index (κ2) is 6.97. The molecule has 0 atom stereocenters. The third-order valence-corrected chi connectivity index (χ3v) is 3.39. The molecule has 0 radical (unpaired) electrons. The maximum atomic E-state index is 10.5. The maximum Gasteiger partial charge on any atom is 0.303 e. The van der Waals surface area contributed by atoms with Gasteiger partial charge in [0, 0.05) is 24.4 Å². The predicted octanol–water partition coefficient (Wildman–Crippen LogP) is 2.29. The summed E-state index contributed by atoms with van der Waals surface area (Å²) >= 11 is 1.50. The van der Waals surface area contributed by atoms with Gasteiger partial charge in [0.25, 0.3) is 0 Å². The minimum atomic E-state index is -0.810. The molecular weight excluding hydrogens is 250 g/mol. The first kappa shape index (κ1) is 14.5. The van der Waals surface area contributed by atoms with E-state index < -0.39 is 5.97 Å². The van der Waals surface area contributed by atoms with E-state index in [1.54, 1.807) is 0 Å². The summed E-state index contributed by atoms with van der Waals surface area (Å²) in [4.78, 5) is 17.0. The summed E-state index contributed by atoms with van der Waals surface area (Å²) in [5.41, 5.74) is 0.806. The molecule has 0 fully saturated rings. The van der Waals surface area contributed by atoms with Crippen LogP contribution in [0.4, 0.5) is 5.13 Å². The number of aromatic nitrogens is 1. The normalized spacial score (nSPS) is 10.3. The van der Waals surface area contributed by atoms with E-state index in [0.717, 1.165) is 10.8 Å². The molecule has 0 spiro atoms. The highest BCUT2D eigenvalue weighted by Gasteiger charge is 2.14. The Morgan fingerprint density at radius 2 is 2.39 bits per heavy atom. The Kier molecular flexibility index (Phi) is 5.59. The van der Waals surface area contributed by atoms with Gasteiger partial charge in [-0.25, -0.2) is 4.98 Å². The van der Waals surface area contributed by atoms with Crippen LogP contribution in [0.2, 0.25) is 0 Å². The SMILES string of the molecule is CC(C)N(CCC#N)c1nc(CCC(=O)O)cs1. The molecule has 0 saturated heterocycles. The van der Waals surface area contributed by atoms with E-state index in [1.807, 2.05) is 5.38 Å². The van der Waals surface area contributed by atoms with Crippen molar-refractivity contribution in [2.75, 3.05) is 11.4 Å². The molecular formula is C12H17N3O2S. The summed E-state index contributed by atoms with van der Waals surface area (Å²) in [6.45, 7) is 4.76. The van der Waals surface area contributed by atoms with Gasteiger partial charge in [0.05, 0.1) is 24.6 Å². The molecule has 5 nitrogen and oxygen atoms in total. The number of nitriles is 1. The maximum absolute atomic E-state index is 10.5. The fraction of sp³-hybridized carbons (Fsp3) is 0.583. The van der Waals surface area contributed by atoms with Crippen LogP contribution >= 0.6 is 11.3 Å². The number of anilines is 1. The van der Waals surface area contributed by atoms with Crippen molar-refractivity contribution in [3.63, 3.8) is 0 Å². The van der Waals surface area contributed by atoms with E-state index in [9.17, 15) is 4.79 Å². The van der Waals surface area contributed by atoms with Crippen LogP contribution in [0.1, 0.15) is 32.4 Å². The van der Waals surface area contributed by atoms with Gasteiger partial charge in [-0.05, 0) is 13.8 Å². The lowest BCUT2D eigenvalue weighted by molar-refractivity contribution is -0.136. The van der Waals surface area contributed by atoms with Crippen LogP contribution in [0.25, 0.3) is 0 Å². The smallest absolute Gasteiger partial charge is 0.303 e. The van der Waals surface area contributed by atoms with E-state index in [0.29, 0.717) is 19.4 Å². The van der Waals surface area contributed by atoms with Gasteiger partial charge in [0.1, 0.15) is 0 Å². The summed E-state index contributed by atoms with van der Waals surface area (Å²) in [6.07, 6.45) is 1.02. The lowest BCUT2D eigenvalue weighted by Gasteiger charge is -2.24. The summed E-state index contributed by atoms with van der Waals surface area (Å²) in [6, 6.07) is 2.40. The van der Waals surface area contributed by atoms with Crippen LogP contribution in [0, 0.1) is 11.3 Å². The molecule has 1 rings (SSSR count). The highest BCUT2D eigenvalue weighted by Crippen LogP contribution is 2.23. The largest absolute Gasteiger partial charge is 0.481 e. The van der Waals surface area contributed by atoms with E-state index >= 15 is 0 Å². The van der Waals surface area contributed by atoms with Crippen molar-refractivity contribution in [2.24, 2.45) is 0 Å². The first-order valence-corrected chi connectivity index (χ1v) is 6.72. The molecule has 6 heteroatoms. The zero-order chi connectivity index (χ0) is 13.5.